The monoisotopic (exact) mass is 710 g/mol. The minimum Gasteiger partial charge on any atom is -0.483 e. The topological polar surface area (TPSA) is 96.5 Å². The molecule has 4 aromatic rings. The fourth-order valence-electron chi connectivity index (χ4n) is 3.79. The minimum atomic E-state index is -0.420. The number of anilines is 1. The van der Waals surface area contributed by atoms with Gasteiger partial charge >= 0.3 is 0 Å². The summed E-state index contributed by atoms with van der Waals surface area (Å²) >= 11 is 8.06. The van der Waals surface area contributed by atoms with Gasteiger partial charge in [-0.3, -0.25) is 14.5 Å². The second-order valence-electron chi connectivity index (χ2n) is 8.79. The molecule has 1 N–H and O–H groups in total. The molecule has 1 saturated heterocycles. The molecule has 0 aliphatic carbocycles. The summed E-state index contributed by atoms with van der Waals surface area (Å²) < 4.78 is 26.1. The lowest BCUT2D eigenvalue weighted by Gasteiger charge is -2.13. The summed E-state index contributed by atoms with van der Waals surface area (Å²) in [4.78, 5) is 27.8. The van der Waals surface area contributed by atoms with Gasteiger partial charge < -0.3 is 14.5 Å². The van der Waals surface area contributed by atoms with Crippen LogP contribution in [0.5, 0.6) is 5.75 Å². The number of nitrogens with zero attached hydrogens (tertiary/aromatic N) is 3. The Kier molecular flexibility index (Phi) is 9.67. The van der Waals surface area contributed by atoms with Crippen LogP contribution in [0.2, 0.25) is 0 Å². The average Bonchev–Trinajstić information content (AvgIpc) is 3.58. The van der Waals surface area contributed by atoms with Crippen molar-refractivity contribution < 1.29 is 23.1 Å². The maximum absolute atomic E-state index is 13.5. The maximum atomic E-state index is 13.5. The summed E-state index contributed by atoms with van der Waals surface area (Å²) in [6.07, 6.45) is 4.83. The summed E-state index contributed by atoms with van der Waals surface area (Å²) in [6, 6.07) is 21.8. The van der Waals surface area contributed by atoms with Crippen molar-refractivity contribution in [3.05, 3.63) is 122 Å². The van der Waals surface area contributed by atoms with E-state index in [4.69, 9.17) is 9.15 Å². The summed E-state index contributed by atoms with van der Waals surface area (Å²) in [5.74, 6) is -0.121. The van der Waals surface area contributed by atoms with Crippen molar-refractivity contribution in [1.82, 2.24) is 4.90 Å². The summed E-state index contributed by atoms with van der Waals surface area (Å²) in [5.41, 5.74) is 1.87. The first-order valence-electron chi connectivity index (χ1n) is 12.4. The molecule has 0 radical (unpaired) electrons. The van der Waals surface area contributed by atoms with Crippen molar-refractivity contribution in [2.45, 2.75) is 6.54 Å². The lowest BCUT2D eigenvalue weighted by molar-refractivity contribution is -0.122. The summed E-state index contributed by atoms with van der Waals surface area (Å²) in [7, 11) is 0. The Morgan fingerprint density at radius 2 is 1.86 bits per heavy atom. The molecule has 1 aromatic heterocycles. The van der Waals surface area contributed by atoms with Gasteiger partial charge in [0.05, 0.1) is 23.9 Å². The van der Waals surface area contributed by atoms with Crippen molar-refractivity contribution in [3.63, 3.8) is 0 Å². The molecule has 0 unspecified atom stereocenters. The van der Waals surface area contributed by atoms with E-state index in [1.807, 2.05) is 24.3 Å². The van der Waals surface area contributed by atoms with Gasteiger partial charge in [0.15, 0.2) is 11.8 Å². The number of benzene rings is 3. The second kappa shape index (κ2) is 13.8. The van der Waals surface area contributed by atoms with Gasteiger partial charge in [-0.1, -0.05) is 44.0 Å². The van der Waals surface area contributed by atoms with Crippen molar-refractivity contribution in [2.24, 2.45) is 10.2 Å². The first kappa shape index (κ1) is 29.5. The van der Waals surface area contributed by atoms with Gasteiger partial charge in [-0.05, 0) is 90.1 Å². The van der Waals surface area contributed by atoms with Crippen LogP contribution in [-0.4, -0.2) is 34.7 Å². The van der Waals surface area contributed by atoms with Gasteiger partial charge in [0.2, 0.25) is 0 Å². The van der Waals surface area contributed by atoms with Gasteiger partial charge in [-0.2, -0.15) is 5.10 Å². The van der Waals surface area contributed by atoms with Crippen molar-refractivity contribution in [1.29, 1.82) is 0 Å². The van der Waals surface area contributed by atoms with Gasteiger partial charge in [0.1, 0.15) is 17.3 Å². The molecule has 5 rings (SSSR count). The van der Waals surface area contributed by atoms with Gasteiger partial charge in [0.25, 0.3) is 11.8 Å². The molecule has 42 heavy (non-hydrogen) atoms. The zero-order chi connectivity index (χ0) is 29.5. The predicted octanol–water partition coefficient (Wildman–Crippen LogP) is 7.47. The highest BCUT2D eigenvalue weighted by Gasteiger charge is 2.34. The Balaban J connectivity index is 1.36. The third-order valence-corrected chi connectivity index (χ3v) is 7.71. The molecule has 0 spiro atoms. The molecule has 2 heterocycles. The molecule has 2 amide bonds. The number of carbonyl (C=O) groups is 2. The molecule has 1 fully saturated rings. The molecular formula is C30H21Br2FN4O4S. The second-order valence-corrected chi connectivity index (χ2v) is 11.6. The number of hydrogen-bond donors (Lipinski definition) is 1. The zero-order valence-electron chi connectivity index (χ0n) is 21.7. The van der Waals surface area contributed by atoms with E-state index < -0.39 is 11.7 Å². The normalized spacial score (nSPS) is 15.2. The Hall–Kier alpha value is -4.00. The van der Waals surface area contributed by atoms with Crippen LogP contribution in [0.25, 0.3) is 6.08 Å². The van der Waals surface area contributed by atoms with E-state index in [2.05, 4.69) is 47.4 Å². The van der Waals surface area contributed by atoms with Gasteiger partial charge in [-0.25, -0.2) is 4.39 Å². The quantitative estimate of drug-likeness (QED) is 0.110. The standard InChI is InChI=1S/C30H21Br2FN4O4S/c31-21-4-1-3-19(13-21)16-34-36-30-37(17-25-5-2-12-40-25)29(39)27(42-30)15-20-14-22(32)6-11-26(20)41-18-28(38)35-24-9-7-23(33)8-10-24/h1-16H,17-18H2,(H,35,38)/b27-15-,34-16-,36-30+. The van der Waals surface area contributed by atoms with E-state index in [1.54, 1.807) is 48.9 Å². The Labute approximate surface area is 261 Å². The van der Waals surface area contributed by atoms with Crippen LogP contribution in [0.3, 0.4) is 0 Å². The number of thioether (sulfide) groups is 1. The average molecular weight is 712 g/mol. The van der Waals surface area contributed by atoms with Crippen LogP contribution < -0.4 is 10.1 Å². The molecular weight excluding hydrogens is 691 g/mol. The van der Waals surface area contributed by atoms with E-state index in [1.165, 1.54) is 40.9 Å². The van der Waals surface area contributed by atoms with E-state index in [9.17, 15) is 14.0 Å². The molecule has 1 aliphatic heterocycles. The molecule has 1 aliphatic rings. The Bertz CT molecular complexity index is 1690. The number of amidine groups is 1. The maximum Gasteiger partial charge on any atom is 0.267 e. The van der Waals surface area contributed by atoms with Crippen LogP contribution in [0.4, 0.5) is 10.1 Å². The molecule has 3 aromatic carbocycles. The minimum absolute atomic E-state index is 0.173. The van der Waals surface area contributed by atoms with Gasteiger partial charge in [-0.15, -0.1) is 5.10 Å². The SMILES string of the molecule is O=C(COc1ccc(Br)cc1/C=C1\S/C(=N/N=C\c2cccc(Br)c2)N(Cc2ccco2)C1=O)Nc1ccc(F)cc1. The molecule has 0 atom stereocenters. The predicted molar refractivity (Wildman–Crippen MR) is 169 cm³/mol. The number of nitrogens with one attached hydrogen (secondary N) is 1. The highest BCUT2D eigenvalue weighted by Crippen LogP contribution is 2.36. The number of halogens is 3. The largest absolute Gasteiger partial charge is 0.483 e. The van der Waals surface area contributed by atoms with Crippen LogP contribution in [0.15, 0.2) is 114 Å². The summed E-state index contributed by atoms with van der Waals surface area (Å²) in [6.45, 7) is -0.120. The van der Waals surface area contributed by atoms with E-state index >= 15 is 0 Å². The lowest BCUT2D eigenvalue weighted by atomic mass is 10.2. The molecule has 0 bridgehead atoms. The van der Waals surface area contributed by atoms with E-state index in [-0.39, 0.29) is 19.1 Å². The number of rotatable bonds is 9. The van der Waals surface area contributed by atoms with Crippen LogP contribution in [-0.2, 0) is 16.1 Å². The molecule has 0 saturated carbocycles. The number of hydrogen-bond acceptors (Lipinski definition) is 7. The van der Waals surface area contributed by atoms with E-state index in [0.717, 1.165) is 14.5 Å². The molecule has 212 valence electrons. The smallest absolute Gasteiger partial charge is 0.267 e. The highest BCUT2D eigenvalue weighted by molar-refractivity contribution is 9.10. The Morgan fingerprint density at radius 1 is 1.05 bits per heavy atom. The van der Waals surface area contributed by atoms with Crippen LogP contribution in [0, 0.1) is 5.82 Å². The number of ether oxygens (including phenoxy) is 1. The first-order valence-corrected chi connectivity index (χ1v) is 14.8. The number of amides is 2. The van der Waals surface area contributed by atoms with Crippen molar-refractivity contribution in [3.8, 4) is 5.75 Å². The van der Waals surface area contributed by atoms with Crippen LogP contribution in [0.1, 0.15) is 16.9 Å². The summed E-state index contributed by atoms with van der Waals surface area (Å²) in [5, 5.41) is 11.6. The third-order valence-electron chi connectivity index (χ3n) is 5.73. The Morgan fingerprint density at radius 3 is 2.62 bits per heavy atom. The van der Waals surface area contributed by atoms with E-state index in [0.29, 0.717) is 32.8 Å². The van der Waals surface area contributed by atoms with Gasteiger partial charge in [0, 0.05) is 20.2 Å². The highest BCUT2D eigenvalue weighted by atomic mass is 79.9. The number of carbonyl (C=O) groups excluding carboxylic acids is 2. The zero-order valence-corrected chi connectivity index (χ0v) is 25.7. The fraction of sp³-hybridized carbons (Fsp3) is 0.0667. The van der Waals surface area contributed by atoms with Crippen molar-refractivity contribution >= 4 is 78.6 Å². The third kappa shape index (κ3) is 7.84. The lowest BCUT2D eigenvalue weighted by Crippen LogP contribution is -2.28. The van der Waals surface area contributed by atoms with Crippen molar-refractivity contribution in [2.75, 3.05) is 11.9 Å². The number of furan rings is 1. The molecule has 8 nitrogen and oxygen atoms in total. The first-order chi connectivity index (χ1) is 20.3. The van der Waals surface area contributed by atoms with Crippen LogP contribution >= 0.6 is 43.6 Å². The molecule has 12 heteroatoms. The fourth-order valence-corrected chi connectivity index (χ4v) is 5.51.